The summed E-state index contributed by atoms with van der Waals surface area (Å²) in [7, 11) is 1.52. The van der Waals surface area contributed by atoms with Crippen LogP contribution >= 0.6 is 11.6 Å². The van der Waals surface area contributed by atoms with E-state index in [9.17, 15) is 19.5 Å². The number of hydrogen-bond donors (Lipinski definition) is 3. The third-order valence-corrected chi connectivity index (χ3v) is 6.30. The van der Waals surface area contributed by atoms with Gasteiger partial charge in [-0.15, -0.1) is 0 Å². The van der Waals surface area contributed by atoms with Gasteiger partial charge in [0.15, 0.2) is 0 Å². The SMILES string of the molecule is CNC(=O)[C@@H]1[C@@H]2CCC3(O2)C(C(=O)Nc2ccc(Cl)cc2)N(CCO)C(=O)[C@H]13. The summed E-state index contributed by atoms with van der Waals surface area (Å²) in [5.41, 5.74) is -0.508. The number of aliphatic hydroxyl groups excluding tert-OH is 1. The summed E-state index contributed by atoms with van der Waals surface area (Å²) in [5, 5.41) is 15.4. The maximum atomic E-state index is 13.2. The maximum Gasteiger partial charge on any atom is 0.250 e. The van der Waals surface area contributed by atoms with Gasteiger partial charge >= 0.3 is 0 Å². The number of amides is 3. The molecule has 1 spiro atoms. The minimum absolute atomic E-state index is 0.00424. The molecule has 4 rings (SSSR count). The topological polar surface area (TPSA) is 108 Å². The zero-order valence-corrected chi connectivity index (χ0v) is 16.1. The van der Waals surface area contributed by atoms with Crippen molar-refractivity contribution in [2.24, 2.45) is 11.8 Å². The molecule has 0 aliphatic carbocycles. The quantitative estimate of drug-likeness (QED) is 0.654. The van der Waals surface area contributed by atoms with Crippen molar-refractivity contribution in [1.29, 1.82) is 0 Å². The standard InChI is InChI=1S/C19H22ClN3O5/c1-21-16(25)13-12-6-7-19(28-12)14(13)18(27)23(8-9-24)15(19)17(26)22-11-4-2-10(20)3-5-11/h2-5,12-15,24H,6-9H2,1H3,(H,21,25)(H,22,26)/t12-,13+,14-,15?,19?/m0/s1. The Morgan fingerprint density at radius 1 is 1.32 bits per heavy atom. The van der Waals surface area contributed by atoms with Gasteiger partial charge in [-0.05, 0) is 37.1 Å². The highest BCUT2D eigenvalue weighted by Crippen LogP contribution is 2.58. The Morgan fingerprint density at radius 2 is 2.04 bits per heavy atom. The van der Waals surface area contributed by atoms with Crippen LogP contribution < -0.4 is 10.6 Å². The Labute approximate surface area is 167 Å². The number of hydrogen-bond acceptors (Lipinski definition) is 5. The molecular weight excluding hydrogens is 386 g/mol. The largest absolute Gasteiger partial charge is 0.395 e. The molecule has 0 aromatic heterocycles. The van der Waals surface area contributed by atoms with Gasteiger partial charge in [-0.2, -0.15) is 0 Å². The molecule has 3 aliphatic heterocycles. The normalized spacial score (nSPS) is 33.1. The van der Waals surface area contributed by atoms with Crippen molar-refractivity contribution in [1.82, 2.24) is 10.2 Å². The highest BCUT2D eigenvalue weighted by molar-refractivity contribution is 6.30. The van der Waals surface area contributed by atoms with Gasteiger partial charge in [-0.3, -0.25) is 14.4 Å². The highest BCUT2D eigenvalue weighted by Gasteiger charge is 2.74. The van der Waals surface area contributed by atoms with Crippen molar-refractivity contribution in [3.05, 3.63) is 29.3 Å². The molecule has 3 amide bonds. The summed E-state index contributed by atoms with van der Waals surface area (Å²) in [6.45, 7) is -0.280. The zero-order chi connectivity index (χ0) is 20.1. The van der Waals surface area contributed by atoms with E-state index in [2.05, 4.69) is 10.6 Å². The Bertz CT molecular complexity index is 816. The molecule has 9 heteroatoms. The molecule has 3 aliphatic rings. The van der Waals surface area contributed by atoms with E-state index in [0.717, 1.165) is 0 Å². The van der Waals surface area contributed by atoms with E-state index in [4.69, 9.17) is 16.3 Å². The van der Waals surface area contributed by atoms with E-state index in [-0.39, 0.29) is 31.1 Å². The van der Waals surface area contributed by atoms with Crippen LogP contribution in [0.4, 0.5) is 5.69 Å². The van der Waals surface area contributed by atoms with Gasteiger partial charge in [-0.25, -0.2) is 0 Å². The highest BCUT2D eigenvalue weighted by atomic mass is 35.5. The Kier molecular flexibility index (Phi) is 4.81. The van der Waals surface area contributed by atoms with Gasteiger partial charge in [0.2, 0.25) is 17.7 Å². The second kappa shape index (κ2) is 7.02. The number of β-amino-alcohol motifs (C(OH)–C–C–N with tert-alkyl or cyclic N) is 1. The first kappa shape index (κ1) is 19.2. The van der Waals surface area contributed by atoms with E-state index in [1.807, 2.05) is 0 Å². The van der Waals surface area contributed by atoms with E-state index in [1.165, 1.54) is 11.9 Å². The summed E-state index contributed by atoms with van der Waals surface area (Å²) in [6.07, 6.45) is 0.748. The van der Waals surface area contributed by atoms with Gasteiger partial charge in [0.05, 0.1) is 24.5 Å². The molecule has 2 bridgehead atoms. The number of carbonyl (C=O) groups is 3. The predicted molar refractivity (Wildman–Crippen MR) is 101 cm³/mol. The van der Waals surface area contributed by atoms with E-state index >= 15 is 0 Å². The monoisotopic (exact) mass is 407 g/mol. The molecule has 0 radical (unpaired) electrons. The molecule has 3 N–H and O–H groups in total. The van der Waals surface area contributed by atoms with Crippen LogP contribution in [0.2, 0.25) is 5.02 Å². The zero-order valence-electron chi connectivity index (χ0n) is 15.4. The smallest absolute Gasteiger partial charge is 0.250 e. The van der Waals surface area contributed by atoms with Gasteiger partial charge in [0.25, 0.3) is 0 Å². The number of anilines is 1. The third-order valence-electron chi connectivity index (χ3n) is 6.05. The van der Waals surface area contributed by atoms with Crippen molar-refractivity contribution in [3.63, 3.8) is 0 Å². The number of fused-ring (bicyclic) bond motifs is 1. The first-order valence-electron chi connectivity index (χ1n) is 9.30. The summed E-state index contributed by atoms with van der Waals surface area (Å²) in [6, 6.07) is 5.74. The molecule has 1 aromatic carbocycles. The van der Waals surface area contributed by atoms with Crippen LogP contribution in [-0.4, -0.2) is 65.7 Å². The van der Waals surface area contributed by atoms with E-state index in [0.29, 0.717) is 23.6 Å². The lowest BCUT2D eigenvalue weighted by molar-refractivity contribution is -0.141. The molecule has 3 fully saturated rings. The lowest BCUT2D eigenvalue weighted by atomic mass is 9.70. The Hall–Kier alpha value is -2.16. The number of likely N-dealkylation sites (tertiary alicyclic amines) is 1. The maximum absolute atomic E-state index is 13.2. The minimum atomic E-state index is -1.05. The fourth-order valence-corrected chi connectivity index (χ4v) is 5.14. The van der Waals surface area contributed by atoms with Crippen molar-refractivity contribution in [3.8, 4) is 0 Å². The predicted octanol–water partition coefficient (Wildman–Crippen LogP) is 0.391. The second-order valence-electron chi connectivity index (χ2n) is 7.42. The summed E-state index contributed by atoms with van der Waals surface area (Å²) < 4.78 is 6.17. The molecule has 3 heterocycles. The Balaban J connectivity index is 1.68. The second-order valence-corrected chi connectivity index (χ2v) is 7.86. The number of ether oxygens (including phenoxy) is 1. The molecule has 1 aromatic rings. The van der Waals surface area contributed by atoms with Crippen LogP contribution in [0.3, 0.4) is 0 Å². The van der Waals surface area contributed by atoms with Gasteiger partial charge in [0, 0.05) is 24.3 Å². The average Bonchev–Trinajstić information content (AvgIpc) is 3.31. The summed E-state index contributed by atoms with van der Waals surface area (Å²) >= 11 is 5.89. The van der Waals surface area contributed by atoms with Crippen molar-refractivity contribution < 1.29 is 24.2 Å². The van der Waals surface area contributed by atoms with Crippen LogP contribution in [0.5, 0.6) is 0 Å². The number of rotatable bonds is 5. The molecule has 3 saturated heterocycles. The van der Waals surface area contributed by atoms with Gasteiger partial charge in [0.1, 0.15) is 11.6 Å². The van der Waals surface area contributed by atoms with Crippen LogP contribution in [0.25, 0.3) is 0 Å². The first-order valence-corrected chi connectivity index (χ1v) is 9.68. The third kappa shape index (κ3) is 2.70. The van der Waals surface area contributed by atoms with Crippen molar-refractivity contribution in [2.75, 3.05) is 25.5 Å². The van der Waals surface area contributed by atoms with Crippen LogP contribution in [0, 0.1) is 11.8 Å². The van der Waals surface area contributed by atoms with Gasteiger partial charge in [-0.1, -0.05) is 11.6 Å². The molecular formula is C19H22ClN3O5. The number of carbonyl (C=O) groups excluding carboxylic acids is 3. The van der Waals surface area contributed by atoms with Crippen LogP contribution in [0.1, 0.15) is 12.8 Å². The Morgan fingerprint density at radius 3 is 2.68 bits per heavy atom. The number of aliphatic hydroxyl groups is 1. The fraction of sp³-hybridized carbons (Fsp3) is 0.526. The summed E-state index contributed by atoms with van der Waals surface area (Å²) in [4.78, 5) is 40.1. The molecule has 5 atom stereocenters. The molecule has 0 saturated carbocycles. The fourth-order valence-electron chi connectivity index (χ4n) is 5.01. The van der Waals surface area contributed by atoms with Crippen molar-refractivity contribution in [2.45, 2.75) is 30.6 Å². The van der Waals surface area contributed by atoms with E-state index < -0.39 is 29.4 Å². The number of benzene rings is 1. The first-order chi connectivity index (χ1) is 13.4. The van der Waals surface area contributed by atoms with Crippen LogP contribution in [-0.2, 0) is 19.1 Å². The minimum Gasteiger partial charge on any atom is -0.395 e. The number of halogens is 1. The van der Waals surface area contributed by atoms with Crippen LogP contribution in [0.15, 0.2) is 24.3 Å². The van der Waals surface area contributed by atoms with Crippen molar-refractivity contribution >= 4 is 35.0 Å². The van der Waals surface area contributed by atoms with E-state index in [1.54, 1.807) is 24.3 Å². The average molecular weight is 408 g/mol. The molecule has 28 heavy (non-hydrogen) atoms. The number of nitrogens with zero attached hydrogens (tertiary/aromatic N) is 1. The van der Waals surface area contributed by atoms with Gasteiger partial charge < -0.3 is 25.4 Å². The molecule has 150 valence electrons. The molecule has 8 nitrogen and oxygen atoms in total. The lowest BCUT2D eigenvalue weighted by Crippen LogP contribution is -2.53. The molecule has 2 unspecified atom stereocenters. The summed E-state index contributed by atoms with van der Waals surface area (Å²) in [5.74, 6) is -2.32. The lowest BCUT2D eigenvalue weighted by Gasteiger charge is -2.33. The number of nitrogens with one attached hydrogen (secondary N) is 2.